The van der Waals surface area contributed by atoms with Gasteiger partial charge in [-0.05, 0) is 66.7 Å². The van der Waals surface area contributed by atoms with Gasteiger partial charge in [0, 0.05) is 5.69 Å². The minimum Gasteiger partial charge on any atom is -0.493 e. The van der Waals surface area contributed by atoms with E-state index in [1.165, 1.54) is 0 Å². The van der Waals surface area contributed by atoms with Gasteiger partial charge in [-0.25, -0.2) is 0 Å². The molecule has 39 heavy (non-hydrogen) atoms. The van der Waals surface area contributed by atoms with Crippen molar-refractivity contribution in [2.24, 2.45) is 0 Å². The van der Waals surface area contributed by atoms with E-state index in [0.717, 1.165) is 16.7 Å². The number of rotatable bonds is 12. The van der Waals surface area contributed by atoms with Crippen LogP contribution in [0.3, 0.4) is 0 Å². The van der Waals surface area contributed by atoms with E-state index < -0.39 is 5.91 Å². The summed E-state index contributed by atoms with van der Waals surface area (Å²) in [7, 11) is 1.54. The van der Waals surface area contributed by atoms with Crippen LogP contribution in [0.2, 0.25) is 0 Å². The number of hydrogen-bond acceptors (Lipinski definition) is 8. The SMILES string of the molecule is CCOc1cc(/C=C2\SC(=O)N(CCOc3ccccc3OC)C2=O)ccc1OCC(=O)Nc1ccccc1. The molecule has 0 unspecified atom stereocenters. The molecule has 0 aromatic heterocycles. The number of nitrogens with one attached hydrogen (secondary N) is 1. The van der Waals surface area contributed by atoms with Crippen LogP contribution in [0.1, 0.15) is 12.5 Å². The Bertz CT molecular complexity index is 1360. The average molecular weight is 549 g/mol. The molecule has 0 saturated carbocycles. The van der Waals surface area contributed by atoms with Crippen LogP contribution in [-0.2, 0) is 9.59 Å². The fourth-order valence-electron chi connectivity index (χ4n) is 3.69. The number of imide groups is 1. The number of carbonyl (C=O) groups is 3. The molecule has 3 aromatic carbocycles. The molecule has 4 rings (SSSR count). The molecule has 202 valence electrons. The number of para-hydroxylation sites is 3. The highest BCUT2D eigenvalue weighted by molar-refractivity contribution is 8.18. The van der Waals surface area contributed by atoms with E-state index >= 15 is 0 Å². The lowest BCUT2D eigenvalue weighted by atomic mass is 10.2. The smallest absolute Gasteiger partial charge is 0.293 e. The number of hydrogen-bond donors (Lipinski definition) is 1. The summed E-state index contributed by atoms with van der Waals surface area (Å²) in [4.78, 5) is 39.1. The van der Waals surface area contributed by atoms with Crippen molar-refractivity contribution in [1.29, 1.82) is 0 Å². The molecule has 1 aliphatic heterocycles. The van der Waals surface area contributed by atoms with Gasteiger partial charge < -0.3 is 24.3 Å². The lowest BCUT2D eigenvalue weighted by Crippen LogP contribution is -2.32. The van der Waals surface area contributed by atoms with Crippen LogP contribution in [0.15, 0.2) is 77.7 Å². The summed E-state index contributed by atoms with van der Waals surface area (Å²) >= 11 is 0.862. The van der Waals surface area contributed by atoms with Crippen molar-refractivity contribution in [1.82, 2.24) is 4.90 Å². The van der Waals surface area contributed by atoms with Gasteiger partial charge in [-0.15, -0.1) is 0 Å². The number of thioether (sulfide) groups is 1. The Hall–Kier alpha value is -4.44. The Labute approximate surface area is 230 Å². The molecule has 0 atom stereocenters. The van der Waals surface area contributed by atoms with Crippen LogP contribution in [0, 0.1) is 0 Å². The standard InChI is InChI=1S/C29H28N2O7S/c1-3-36-25-17-20(13-14-24(25)38-19-27(32)30-21-9-5-4-6-10-21)18-26-28(33)31(29(34)39-26)15-16-37-23-12-8-7-11-22(23)35-2/h4-14,17-18H,3,15-16,19H2,1-2H3,(H,30,32)/b26-18-. The van der Waals surface area contributed by atoms with E-state index in [1.54, 1.807) is 55.7 Å². The molecular formula is C29H28N2O7S. The number of amides is 3. The Balaban J connectivity index is 1.38. The molecule has 0 spiro atoms. The van der Waals surface area contributed by atoms with Gasteiger partial charge in [0.1, 0.15) is 6.61 Å². The molecule has 0 radical (unpaired) electrons. The van der Waals surface area contributed by atoms with Crippen molar-refractivity contribution in [3.8, 4) is 23.0 Å². The summed E-state index contributed by atoms with van der Waals surface area (Å²) in [5.74, 6) is 1.20. The van der Waals surface area contributed by atoms with Crippen LogP contribution < -0.4 is 24.3 Å². The maximum atomic E-state index is 12.9. The maximum absolute atomic E-state index is 12.9. The van der Waals surface area contributed by atoms with Gasteiger partial charge in [-0.1, -0.05) is 36.4 Å². The second kappa shape index (κ2) is 13.4. The predicted octanol–water partition coefficient (Wildman–Crippen LogP) is 5.23. The third-order valence-electron chi connectivity index (χ3n) is 5.50. The van der Waals surface area contributed by atoms with Crippen molar-refractivity contribution in [2.45, 2.75) is 6.92 Å². The molecule has 0 bridgehead atoms. The van der Waals surface area contributed by atoms with Crippen molar-refractivity contribution in [2.75, 3.05) is 38.8 Å². The lowest BCUT2D eigenvalue weighted by Gasteiger charge is -2.14. The normalized spacial score (nSPS) is 13.9. The monoisotopic (exact) mass is 548 g/mol. The van der Waals surface area contributed by atoms with E-state index in [0.29, 0.717) is 40.9 Å². The van der Waals surface area contributed by atoms with Crippen LogP contribution in [-0.4, -0.2) is 55.4 Å². The maximum Gasteiger partial charge on any atom is 0.293 e. The molecule has 1 heterocycles. The summed E-state index contributed by atoms with van der Waals surface area (Å²) in [5, 5.41) is 2.39. The summed E-state index contributed by atoms with van der Waals surface area (Å²) in [5.41, 5.74) is 1.32. The minimum atomic E-state index is -0.399. The van der Waals surface area contributed by atoms with Gasteiger partial charge in [-0.2, -0.15) is 0 Å². The number of methoxy groups -OCH3 is 1. The van der Waals surface area contributed by atoms with E-state index in [4.69, 9.17) is 18.9 Å². The second-order valence-electron chi connectivity index (χ2n) is 8.17. The van der Waals surface area contributed by atoms with Gasteiger partial charge in [0.25, 0.3) is 17.1 Å². The quantitative estimate of drug-likeness (QED) is 0.307. The van der Waals surface area contributed by atoms with Crippen LogP contribution in [0.4, 0.5) is 10.5 Å². The Kier molecular flexibility index (Phi) is 9.47. The molecule has 10 heteroatoms. The molecule has 1 fully saturated rings. The van der Waals surface area contributed by atoms with E-state index in [2.05, 4.69) is 5.32 Å². The fourth-order valence-corrected chi connectivity index (χ4v) is 4.56. The highest BCUT2D eigenvalue weighted by Gasteiger charge is 2.35. The van der Waals surface area contributed by atoms with Gasteiger partial charge in [0.2, 0.25) is 0 Å². The summed E-state index contributed by atoms with van der Waals surface area (Å²) in [6, 6.07) is 21.3. The third-order valence-corrected chi connectivity index (χ3v) is 6.40. The van der Waals surface area contributed by atoms with Crippen LogP contribution >= 0.6 is 11.8 Å². The molecule has 0 aliphatic carbocycles. The zero-order valence-corrected chi connectivity index (χ0v) is 22.4. The van der Waals surface area contributed by atoms with E-state index in [1.807, 2.05) is 37.3 Å². The van der Waals surface area contributed by atoms with Crippen LogP contribution in [0.5, 0.6) is 23.0 Å². The number of anilines is 1. The summed E-state index contributed by atoms with van der Waals surface area (Å²) < 4.78 is 22.3. The summed E-state index contributed by atoms with van der Waals surface area (Å²) in [6.07, 6.45) is 1.63. The zero-order chi connectivity index (χ0) is 27.6. The van der Waals surface area contributed by atoms with E-state index in [-0.39, 0.29) is 35.8 Å². The first-order valence-corrected chi connectivity index (χ1v) is 13.1. The molecular weight excluding hydrogens is 520 g/mol. The van der Waals surface area contributed by atoms with Gasteiger partial charge in [-0.3, -0.25) is 19.3 Å². The van der Waals surface area contributed by atoms with Crippen molar-refractivity contribution >= 4 is 40.6 Å². The summed E-state index contributed by atoms with van der Waals surface area (Å²) in [6.45, 7) is 2.23. The average Bonchev–Trinajstić information content (AvgIpc) is 3.21. The highest BCUT2D eigenvalue weighted by atomic mass is 32.2. The van der Waals surface area contributed by atoms with Crippen molar-refractivity contribution < 1.29 is 33.3 Å². The lowest BCUT2D eigenvalue weighted by molar-refractivity contribution is -0.123. The fraction of sp³-hybridized carbons (Fsp3) is 0.207. The molecule has 9 nitrogen and oxygen atoms in total. The van der Waals surface area contributed by atoms with Crippen molar-refractivity contribution in [3.05, 3.63) is 83.3 Å². The Morgan fingerprint density at radius 2 is 1.62 bits per heavy atom. The van der Waals surface area contributed by atoms with Gasteiger partial charge in [0.15, 0.2) is 29.6 Å². The first-order chi connectivity index (χ1) is 19.0. The number of carbonyl (C=O) groups excluding carboxylic acids is 3. The Morgan fingerprint density at radius 3 is 2.36 bits per heavy atom. The number of nitrogens with zero attached hydrogens (tertiary/aromatic N) is 1. The highest BCUT2D eigenvalue weighted by Crippen LogP contribution is 2.35. The first-order valence-electron chi connectivity index (χ1n) is 12.2. The minimum absolute atomic E-state index is 0.0993. The topological polar surface area (TPSA) is 103 Å². The van der Waals surface area contributed by atoms with Crippen LogP contribution in [0.25, 0.3) is 6.08 Å². The molecule has 1 N–H and O–H groups in total. The number of ether oxygens (including phenoxy) is 4. The molecule has 3 amide bonds. The third kappa shape index (κ3) is 7.32. The number of benzene rings is 3. The largest absolute Gasteiger partial charge is 0.493 e. The second-order valence-corrected chi connectivity index (χ2v) is 9.17. The Morgan fingerprint density at radius 1 is 0.897 bits per heavy atom. The first kappa shape index (κ1) is 27.6. The zero-order valence-electron chi connectivity index (χ0n) is 21.5. The van der Waals surface area contributed by atoms with Gasteiger partial charge >= 0.3 is 0 Å². The van der Waals surface area contributed by atoms with E-state index in [9.17, 15) is 14.4 Å². The predicted molar refractivity (Wildman–Crippen MR) is 149 cm³/mol. The molecule has 3 aromatic rings. The van der Waals surface area contributed by atoms with Crippen molar-refractivity contribution in [3.63, 3.8) is 0 Å². The molecule has 1 aliphatic rings. The van der Waals surface area contributed by atoms with Gasteiger partial charge in [0.05, 0.1) is 25.2 Å². The molecule has 1 saturated heterocycles.